The van der Waals surface area contributed by atoms with Gasteiger partial charge < -0.3 is 9.38 Å². The lowest BCUT2D eigenvalue weighted by molar-refractivity contribution is 1.25. The van der Waals surface area contributed by atoms with Crippen LogP contribution in [0.25, 0.3) is 54.8 Å². The van der Waals surface area contributed by atoms with Gasteiger partial charge in [0.1, 0.15) is 0 Å². The van der Waals surface area contributed by atoms with Crippen LogP contribution >= 0.6 is 0 Å². The molecular formula is C42H26BN3. The van der Waals surface area contributed by atoms with Crippen LogP contribution in [0, 0.1) is 18.3 Å². The van der Waals surface area contributed by atoms with E-state index in [0.29, 0.717) is 5.56 Å². The molecule has 0 amide bonds. The van der Waals surface area contributed by atoms with Crippen molar-refractivity contribution in [2.24, 2.45) is 0 Å². The zero-order valence-corrected chi connectivity index (χ0v) is 25.2. The Kier molecular flexibility index (Phi) is 5.08. The highest BCUT2D eigenvalue weighted by atomic mass is 15.2. The first kappa shape index (κ1) is 25.3. The Morgan fingerprint density at radius 3 is 2.26 bits per heavy atom. The fourth-order valence-corrected chi connectivity index (χ4v) is 8.29. The standard InChI is InChI=1S/C42H26BN3/c1-26-34(29-20-18-27(25-44)19-21-29)24-38-41-39(26)32-14-9-15-33-40-31-13-6-5-10-28(31)22-23-37(40)46(42(32)33)43(41)35-16-7-8-17-36(35)45(38)30-11-3-2-4-12-30/h2-24H,1H3. The first-order valence-electron chi connectivity index (χ1n) is 15.8. The van der Waals surface area contributed by atoms with Crippen molar-refractivity contribution in [1.29, 1.82) is 5.26 Å². The normalized spacial score (nSPS) is 12.8. The van der Waals surface area contributed by atoms with Gasteiger partial charge in [0.05, 0.1) is 11.6 Å². The maximum Gasteiger partial charge on any atom is 0.333 e. The van der Waals surface area contributed by atoms with Gasteiger partial charge in [0.2, 0.25) is 0 Å². The number of nitrogens with zero attached hydrogens (tertiary/aromatic N) is 3. The quantitative estimate of drug-likeness (QED) is 0.190. The van der Waals surface area contributed by atoms with E-state index in [4.69, 9.17) is 0 Å². The Bertz CT molecular complexity index is 2610. The lowest BCUT2D eigenvalue weighted by atomic mass is 9.44. The van der Waals surface area contributed by atoms with Gasteiger partial charge in [-0.15, -0.1) is 0 Å². The van der Waals surface area contributed by atoms with E-state index in [9.17, 15) is 5.26 Å². The largest absolute Gasteiger partial charge is 0.375 e. The van der Waals surface area contributed by atoms with Crippen LogP contribution in [0.5, 0.6) is 0 Å². The van der Waals surface area contributed by atoms with E-state index in [-0.39, 0.29) is 6.85 Å². The Morgan fingerprint density at radius 1 is 0.652 bits per heavy atom. The van der Waals surface area contributed by atoms with Gasteiger partial charge in [0, 0.05) is 44.4 Å². The van der Waals surface area contributed by atoms with E-state index in [2.05, 4.69) is 150 Å². The Labute approximate surface area is 267 Å². The highest BCUT2D eigenvalue weighted by Crippen LogP contribution is 2.48. The van der Waals surface area contributed by atoms with Crippen molar-refractivity contribution in [1.82, 2.24) is 4.48 Å². The summed E-state index contributed by atoms with van der Waals surface area (Å²) in [6.07, 6.45) is 0. The highest BCUT2D eigenvalue weighted by Gasteiger charge is 2.43. The van der Waals surface area contributed by atoms with Gasteiger partial charge in [-0.25, -0.2) is 0 Å². The van der Waals surface area contributed by atoms with Crippen LogP contribution in [0.2, 0.25) is 0 Å². The van der Waals surface area contributed by atoms with Crippen LogP contribution in [0.1, 0.15) is 11.1 Å². The monoisotopic (exact) mass is 583 g/mol. The predicted octanol–water partition coefficient (Wildman–Crippen LogP) is 9.21. The number of anilines is 3. The molecule has 0 spiro atoms. The Morgan fingerprint density at radius 2 is 1.41 bits per heavy atom. The molecule has 212 valence electrons. The molecule has 7 aromatic carbocycles. The van der Waals surface area contributed by atoms with Crippen LogP contribution in [-0.2, 0) is 0 Å². The van der Waals surface area contributed by atoms with E-state index in [1.807, 2.05) is 12.1 Å². The zero-order valence-electron chi connectivity index (χ0n) is 25.2. The van der Waals surface area contributed by atoms with Crippen molar-refractivity contribution in [2.75, 3.05) is 4.90 Å². The molecule has 0 unspecified atom stereocenters. The van der Waals surface area contributed by atoms with Crippen molar-refractivity contribution in [3.05, 3.63) is 151 Å². The van der Waals surface area contributed by atoms with E-state index in [0.717, 1.165) is 11.3 Å². The third-order valence-electron chi connectivity index (χ3n) is 10.2. The molecule has 10 rings (SSSR count). The van der Waals surface area contributed by atoms with Crippen LogP contribution in [0.4, 0.5) is 17.1 Å². The predicted molar refractivity (Wildman–Crippen MR) is 192 cm³/mol. The van der Waals surface area contributed by atoms with Gasteiger partial charge in [0.15, 0.2) is 0 Å². The van der Waals surface area contributed by atoms with Crippen molar-refractivity contribution in [3.63, 3.8) is 0 Å². The van der Waals surface area contributed by atoms with E-state index in [1.165, 1.54) is 77.1 Å². The van der Waals surface area contributed by atoms with Crippen molar-refractivity contribution >= 4 is 67.4 Å². The first-order valence-corrected chi connectivity index (χ1v) is 15.8. The fraction of sp³-hybridized carbons (Fsp3) is 0.0238. The third-order valence-corrected chi connectivity index (χ3v) is 10.2. The van der Waals surface area contributed by atoms with Gasteiger partial charge in [-0.1, -0.05) is 97.1 Å². The summed E-state index contributed by atoms with van der Waals surface area (Å²) in [5.74, 6) is 0. The molecule has 2 aliphatic rings. The molecule has 8 aromatic rings. The van der Waals surface area contributed by atoms with Crippen LogP contribution in [0.3, 0.4) is 0 Å². The fourth-order valence-electron chi connectivity index (χ4n) is 8.29. The summed E-state index contributed by atoms with van der Waals surface area (Å²) in [6.45, 7) is 2.28. The summed E-state index contributed by atoms with van der Waals surface area (Å²) in [5, 5.41) is 14.7. The average molecular weight is 584 g/mol. The number of hydrogen-bond donors (Lipinski definition) is 0. The van der Waals surface area contributed by atoms with Crippen molar-refractivity contribution < 1.29 is 0 Å². The minimum absolute atomic E-state index is 0.00550. The second-order valence-corrected chi connectivity index (χ2v) is 12.4. The van der Waals surface area contributed by atoms with Crippen LogP contribution in [-0.4, -0.2) is 11.3 Å². The Hall–Kier alpha value is -6.05. The van der Waals surface area contributed by atoms with Gasteiger partial charge in [-0.2, -0.15) is 5.26 Å². The summed E-state index contributed by atoms with van der Waals surface area (Å²) in [5.41, 5.74) is 15.5. The lowest BCUT2D eigenvalue weighted by Crippen LogP contribution is -2.56. The second kappa shape index (κ2) is 9.23. The molecule has 0 N–H and O–H groups in total. The topological polar surface area (TPSA) is 32.0 Å². The SMILES string of the molecule is Cc1c(-c2ccc(C#N)cc2)cc2c3c1-c1cccc4c5c6ccccc6ccc5n(c14)B3c1ccccc1N2c1ccccc1. The highest BCUT2D eigenvalue weighted by molar-refractivity contribution is 6.90. The molecule has 46 heavy (non-hydrogen) atoms. The molecule has 0 saturated carbocycles. The summed E-state index contributed by atoms with van der Waals surface area (Å²) >= 11 is 0. The molecule has 1 aromatic heterocycles. The molecule has 2 aliphatic heterocycles. The summed E-state index contributed by atoms with van der Waals surface area (Å²) in [4.78, 5) is 2.45. The van der Waals surface area contributed by atoms with Gasteiger partial charge in [-0.05, 0) is 93.3 Å². The molecule has 4 heteroatoms. The molecule has 0 saturated heterocycles. The van der Waals surface area contributed by atoms with E-state index < -0.39 is 0 Å². The molecule has 0 atom stereocenters. The molecule has 0 radical (unpaired) electrons. The molecule has 3 nitrogen and oxygen atoms in total. The first-order chi connectivity index (χ1) is 22.7. The van der Waals surface area contributed by atoms with E-state index >= 15 is 0 Å². The molecule has 3 heterocycles. The average Bonchev–Trinajstić information content (AvgIpc) is 3.46. The lowest BCUT2D eigenvalue weighted by Gasteiger charge is -2.41. The molecular weight excluding hydrogens is 557 g/mol. The maximum atomic E-state index is 9.53. The number of benzene rings is 7. The van der Waals surface area contributed by atoms with Crippen molar-refractivity contribution in [3.8, 4) is 28.3 Å². The van der Waals surface area contributed by atoms with Crippen molar-refractivity contribution in [2.45, 2.75) is 6.92 Å². The number of para-hydroxylation sites is 3. The van der Waals surface area contributed by atoms with Gasteiger partial charge in [0.25, 0.3) is 0 Å². The third kappa shape index (κ3) is 3.22. The molecule has 0 aliphatic carbocycles. The van der Waals surface area contributed by atoms with Gasteiger partial charge >= 0.3 is 6.85 Å². The minimum Gasteiger partial charge on any atom is -0.375 e. The maximum absolute atomic E-state index is 9.53. The second-order valence-electron chi connectivity index (χ2n) is 12.4. The summed E-state index contributed by atoms with van der Waals surface area (Å²) in [6, 6.07) is 52.6. The number of fused-ring (bicyclic) bond motifs is 9. The van der Waals surface area contributed by atoms with Gasteiger partial charge in [-0.3, -0.25) is 0 Å². The van der Waals surface area contributed by atoms with Crippen LogP contribution < -0.4 is 15.8 Å². The van der Waals surface area contributed by atoms with E-state index in [1.54, 1.807) is 0 Å². The zero-order chi connectivity index (χ0) is 30.5. The summed E-state index contributed by atoms with van der Waals surface area (Å²) < 4.78 is 2.63. The molecule has 0 bridgehead atoms. The number of nitriles is 1. The smallest absolute Gasteiger partial charge is 0.333 e. The number of rotatable bonds is 2. The Balaban J connectivity index is 1.41. The molecule has 0 fully saturated rings. The van der Waals surface area contributed by atoms with Crippen LogP contribution in [0.15, 0.2) is 140 Å². The summed E-state index contributed by atoms with van der Waals surface area (Å²) in [7, 11) is 0. The number of aromatic nitrogens is 1. The minimum atomic E-state index is 0.00550. The number of hydrogen-bond acceptors (Lipinski definition) is 2.